The number of hydrogen-bond acceptors (Lipinski definition) is 8. The van der Waals surface area contributed by atoms with Gasteiger partial charge in [0.2, 0.25) is 5.95 Å². The van der Waals surface area contributed by atoms with E-state index in [9.17, 15) is 5.11 Å². The Morgan fingerprint density at radius 2 is 1.93 bits per heavy atom. The lowest BCUT2D eigenvalue weighted by Crippen LogP contribution is -2.34. The Morgan fingerprint density at radius 1 is 1.10 bits per heavy atom. The van der Waals surface area contributed by atoms with Crippen LogP contribution in [0.25, 0.3) is 21.5 Å². The summed E-state index contributed by atoms with van der Waals surface area (Å²) < 4.78 is 6.41. The minimum atomic E-state index is 0.179. The Hall–Kier alpha value is -3.23. The van der Waals surface area contributed by atoms with Gasteiger partial charge in [-0.2, -0.15) is 0 Å². The molecule has 30 heavy (non-hydrogen) atoms. The summed E-state index contributed by atoms with van der Waals surface area (Å²) in [7, 11) is 0. The van der Waals surface area contributed by atoms with Crippen molar-refractivity contribution in [3.63, 3.8) is 0 Å². The Morgan fingerprint density at radius 3 is 2.70 bits per heavy atom. The third-order valence-electron chi connectivity index (χ3n) is 5.05. The van der Waals surface area contributed by atoms with Crippen LogP contribution in [0.5, 0.6) is 11.5 Å². The number of piperidine rings is 1. The average molecular weight is 420 g/mol. The highest BCUT2D eigenvalue weighted by Gasteiger charge is 2.19. The first-order valence-electron chi connectivity index (χ1n) is 9.89. The van der Waals surface area contributed by atoms with Crippen molar-refractivity contribution in [3.8, 4) is 22.1 Å². The van der Waals surface area contributed by atoms with E-state index in [-0.39, 0.29) is 11.9 Å². The van der Waals surface area contributed by atoms with Gasteiger partial charge < -0.3 is 20.5 Å². The zero-order valence-corrected chi connectivity index (χ0v) is 17.0. The van der Waals surface area contributed by atoms with E-state index in [0.717, 1.165) is 58.8 Å². The van der Waals surface area contributed by atoms with Crippen molar-refractivity contribution in [2.75, 3.05) is 18.4 Å². The predicted octanol–water partition coefficient (Wildman–Crippen LogP) is 4.33. The molecule has 3 heterocycles. The minimum absolute atomic E-state index is 0.179. The summed E-state index contributed by atoms with van der Waals surface area (Å²) in [5, 5.41) is 19.8. The van der Waals surface area contributed by atoms with Crippen LogP contribution >= 0.6 is 11.3 Å². The first-order chi connectivity index (χ1) is 14.7. The predicted molar refractivity (Wildman–Crippen MR) is 119 cm³/mol. The van der Waals surface area contributed by atoms with Gasteiger partial charge in [0.1, 0.15) is 22.6 Å². The molecule has 4 aromatic rings. The first-order valence-corrected chi connectivity index (χ1v) is 10.8. The smallest absolute Gasteiger partial charge is 0.227 e. The number of ether oxygens (including phenoxy) is 1. The van der Waals surface area contributed by atoms with E-state index in [2.05, 4.69) is 31.7 Å². The second-order valence-electron chi connectivity index (χ2n) is 7.18. The molecule has 152 valence electrons. The molecular weight excluding hydrogens is 398 g/mol. The van der Waals surface area contributed by atoms with Gasteiger partial charge in [0.05, 0.1) is 11.1 Å². The van der Waals surface area contributed by atoms with Gasteiger partial charge in [0, 0.05) is 34.9 Å². The maximum absolute atomic E-state index is 9.45. The molecule has 0 radical (unpaired) electrons. The lowest BCUT2D eigenvalue weighted by atomic mass is 10.1. The summed E-state index contributed by atoms with van der Waals surface area (Å²) in [6.45, 7) is 1.93. The number of hydrogen-bond donors (Lipinski definition) is 3. The van der Waals surface area contributed by atoms with Crippen LogP contribution in [0, 0.1) is 0 Å². The van der Waals surface area contributed by atoms with E-state index in [4.69, 9.17) is 4.74 Å². The molecule has 1 aliphatic heterocycles. The molecule has 0 atom stereocenters. The topological polar surface area (TPSA) is 92.2 Å². The highest BCUT2D eigenvalue weighted by Crippen LogP contribution is 2.36. The monoisotopic (exact) mass is 419 g/mol. The number of phenolic OH excluding ortho intramolecular Hbond substituents is 1. The van der Waals surface area contributed by atoms with Crippen molar-refractivity contribution in [1.29, 1.82) is 0 Å². The average Bonchev–Trinajstić information content (AvgIpc) is 3.30. The number of thiazole rings is 1. The molecule has 0 unspecified atom stereocenters. The summed E-state index contributed by atoms with van der Waals surface area (Å²) in [5.41, 5.74) is 2.58. The number of fused-ring (bicyclic) bond motifs is 1. The molecule has 3 N–H and O–H groups in total. The highest BCUT2D eigenvalue weighted by atomic mass is 32.1. The van der Waals surface area contributed by atoms with E-state index in [1.54, 1.807) is 48.0 Å². The van der Waals surface area contributed by atoms with Crippen LogP contribution in [0.3, 0.4) is 0 Å². The van der Waals surface area contributed by atoms with Crippen molar-refractivity contribution in [2.45, 2.75) is 18.9 Å². The Balaban J connectivity index is 1.51. The molecule has 0 bridgehead atoms. The second kappa shape index (κ2) is 8.25. The molecule has 0 aliphatic carbocycles. The van der Waals surface area contributed by atoms with Crippen LogP contribution in [0.15, 0.2) is 54.2 Å². The summed E-state index contributed by atoms with van der Waals surface area (Å²) >= 11 is 1.59. The number of nitrogens with one attached hydrogen (secondary N) is 2. The fraction of sp³-hybridized carbons (Fsp3) is 0.227. The van der Waals surface area contributed by atoms with Gasteiger partial charge >= 0.3 is 0 Å². The molecular formula is C22H21N5O2S. The molecule has 0 saturated carbocycles. The molecule has 1 saturated heterocycles. The summed E-state index contributed by atoms with van der Waals surface area (Å²) in [5.74, 6) is 1.51. The molecule has 1 fully saturated rings. The molecule has 2 aromatic carbocycles. The van der Waals surface area contributed by atoms with E-state index >= 15 is 0 Å². The van der Waals surface area contributed by atoms with Gasteiger partial charge in [-0.3, -0.25) is 0 Å². The fourth-order valence-corrected chi connectivity index (χ4v) is 4.17. The van der Waals surface area contributed by atoms with Crippen molar-refractivity contribution in [3.05, 3.63) is 54.2 Å². The summed E-state index contributed by atoms with van der Waals surface area (Å²) in [6.07, 6.45) is 5.74. The Labute approximate surface area is 177 Å². The van der Waals surface area contributed by atoms with E-state index in [1.165, 1.54) is 0 Å². The van der Waals surface area contributed by atoms with E-state index < -0.39 is 0 Å². The van der Waals surface area contributed by atoms with Gasteiger partial charge in [0.15, 0.2) is 0 Å². The van der Waals surface area contributed by atoms with Gasteiger partial charge in [-0.1, -0.05) is 0 Å². The van der Waals surface area contributed by atoms with Crippen LogP contribution in [0.1, 0.15) is 12.8 Å². The molecule has 7 nitrogen and oxygen atoms in total. The molecule has 2 aromatic heterocycles. The quantitative estimate of drug-likeness (QED) is 0.415. The Kier molecular flexibility index (Phi) is 5.17. The molecule has 0 spiro atoms. The number of benzene rings is 2. The highest BCUT2D eigenvalue weighted by molar-refractivity contribution is 7.13. The second-order valence-corrected chi connectivity index (χ2v) is 8.07. The van der Waals surface area contributed by atoms with Crippen LogP contribution < -0.4 is 15.4 Å². The molecule has 5 rings (SSSR count). The van der Waals surface area contributed by atoms with Gasteiger partial charge in [-0.15, -0.1) is 11.3 Å². The van der Waals surface area contributed by atoms with Gasteiger partial charge in [0.25, 0.3) is 0 Å². The number of anilines is 2. The SMILES string of the molecule is Oc1ccc(Nc2ncc3cc(-c4nccs4)c(OC4CCNCC4)cc3n2)cc1. The normalized spacial score (nSPS) is 14.7. The number of rotatable bonds is 5. The zero-order chi connectivity index (χ0) is 20.3. The molecule has 0 amide bonds. The minimum Gasteiger partial charge on any atom is -0.508 e. The molecule has 8 heteroatoms. The number of aromatic hydroxyl groups is 1. The fourth-order valence-electron chi connectivity index (χ4n) is 3.51. The third-order valence-corrected chi connectivity index (χ3v) is 5.85. The number of phenols is 1. The van der Waals surface area contributed by atoms with E-state index in [0.29, 0.717) is 5.95 Å². The van der Waals surface area contributed by atoms with Crippen molar-refractivity contribution >= 4 is 33.9 Å². The van der Waals surface area contributed by atoms with Crippen LogP contribution in [-0.2, 0) is 0 Å². The van der Waals surface area contributed by atoms with Crippen molar-refractivity contribution in [2.24, 2.45) is 0 Å². The van der Waals surface area contributed by atoms with Gasteiger partial charge in [-0.05, 0) is 56.3 Å². The maximum Gasteiger partial charge on any atom is 0.227 e. The summed E-state index contributed by atoms with van der Waals surface area (Å²) in [4.78, 5) is 13.6. The summed E-state index contributed by atoms with van der Waals surface area (Å²) in [6, 6.07) is 10.8. The lowest BCUT2D eigenvalue weighted by molar-refractivity contribution is 0.163. The number of aromatic nitrogens is 3. The van der Waals surface area contributed by atoms with Gasteiger partial charge in [-0.25, -0.2) is 15.0 Å². The Bertz CT molecular complexity index is 1140. The first kappa shape index (κ1) is 18.8. The maximum atomic E-state index is 9.45. The van der Waals surface area contributed by atoms with E-state index in [1.807, 2.05) is 11.4 Å². The van der Waals surface area contributed by atoms with Crippen molar-refractivity contribution < 1.29 is 9.84 Å². The lowest BCUT2D eigenvalue weighted by Gasteiger charge is -2.25. The van der Waals surface area contributed by atoms with Crippen molar-refractivity contribution in [1.82, 2.24) is 20.3 Å². The third kappa shape index (κ3) is 4.05. The largest absolute Gasteiger partial charge is 0.508 e. The molecule has 1 aliphatic rings. The zero-order valence-electron chi connectivity index (χ0n) is 16.2. The van der Waals surface area contributed by atoms with Crippen LogP contribution in [-0.4, -0.2) is 39.3 Å². The van der Waals surface area contributed by atoms with Crippen LogP contribution in [0.4, 0.5) is 11.6 Å². The number of nitrogens with zero attached hydrogens (tertiary/aromatic N) is 3. The standard InChI is InChI=1S/C22H21N5O2S/c28-16-3-1-15(2-4-16)26-22-25-13-14-11-18(21-24-9-10-30-21)20(12-19(14)27-22)29-17-5-7-23-8-6-17/h1-4,9-13,17,23,28H,5-8H2,(H,25,26,27). The van der Waals surface area contributed by atoms with Crippen LogP contribution in [0.2, 0.25) is 0 Å².